The normalized spacial score (nSPS) is 8.92. The van der Waals surface area contributed by atoms with Gasteiger partial charge < -0.3 is 15.8 Å². The molecule has 0 aliphatic rings. The number of hydrogen-bond donors (Lipinski definition) is 2. The maximum atomic E-state index is 10.8. The summed E-state index contributed by atoms with van der Waals surface area (Å²) in [5, 5.41) is 2.30. The van der Waals surface area contributed by atoms with Crippen molar-refractivity contribution in [2.75, 3.05) is 13.1 Å². The fourth-order valence-electron chi connectivity index (χ4n) is 0.547. The Labute approximate surface area is 83.4 Å². The molecule has 0 heterocycles. The summed E-state index contributed by atoms with van der Waals surface area (Å²) >= 11 is 0. The van der Waals surface area contributed by atoms with Crippen LogP contribution in [0.25, 0.3) is 0 Å². The molecule has 6 heteroatoms. The van der Waals surface area contributed by atoms with Crippen LogP contribution in [-0.4, -0.2) is 31.1 Å². The van der Waals surface area contributed by atoms with Crippen LogP contribution < -0.4 is 11.1 Å². The molecule has 5 nitrogen and oxygen atoms in total. The van der Waals surface area contributed by atoms with Crippen molar-refractivity contribution < 1.29 is 14.3 Å². The molecule has 0 unspecified atom stereocenters. The van der Waals surface area contributed by atoms with Gasteiger partial charge in [-0.15, -0.1) is 12.4 Å². The molecule has 0 aliphatic carbocycles. The third-order valence-corrected chi connectivity index (χ3v) is 0.982. The number of halogens is 1. The average Bonchev–Trinajstić information content (AvgIpc) is 1.99. The first kappa shape index (κ1) is 14.7. The van der Waals surface area contributed by atoms with E-state index in [0.29, 0.717) is 0 Å². The fourth-order valence-corrected chi connectivity index (χ4v) is 0.547. The van der Waals surface area contributed by atoms with E-state index in [9.17, 15) is 9.59 Å². The number of carbonyl (C=O) groups excluding carboxylic acids is 2. The molecule has 0 aromatic heterocycles. The predicted octanol–water partition coefficient (Wildman–Crippen LogP) is -0.565. The minimum atomic E-state index is -0.452. The molecule has 0 saturated heterocycles. The molecule has 3 N–H and O–H groups in total. The van der Waals surface area contributed by atoms with E-state index < -0.39 is 5.97 Å². The van der Waals surface area contributed by atoms with Crippen LogP contribution in [0.4, 0.5) is 0 Å². The molecule has 0 fully saturated rings. The van der Waals surface area contributed by atoms with Gasteiger partial charge in [-0.1, -0.05) is 0 Å². The maximum Gasteiger partial charge on any atom is 0.325 e. The predicted molar refractivity (Wildman–Crippen MR) is 50.5 cm³/mol. The van der Waals surface area contributed by atoms with Crippen LogP contribution in [0.1, 0.15) is 13.8 Å². The molecule has 78 valence electrons. The third kappa shape index (κ3) is 9.10. The molecule has 0 rings (SSSR count). The lowest BCUT2D eigenvalue weighted by molar-refractivity contribution is -0.147. The zero-order valence-electron chi connectivity index (χ0n) is 7.70. The highest BCUT2D eigenvalue weighted by Crippen LogP contribution is 1.86. The van der Waals surface area contributed by atoms with Crippen molar-refractivity contribution in [3.63, 3.8) is 0 Å². The van der Waals surface area contributed by atoms with Crippen LogP contribution in [-0.2, 0) is 14.3 Å². The monoisotopic (exact) mass is 210 g/mol. The van der Waals surface area contributed by atoms with Crippen LogP contribution in [0.15, 0.2) is 0 Å². The van der Waals surface area contributed by atoms with Crippen molar-refractivity contribution in [3.8, 4) is 0 Å². The van der Waals surface area contributed by atoms with Crippen molar-refractivity contribution >= 4 is 24.3 Å². The largest absolute Gasteiger partial charge is 0.462 e. The van der Waals surface area contributed by atoms with Crippen molar-refractivity contribution in [3.05, 3.63) is 0 Å². The number of carbonyl (C=O) groups is 2. The topological polar surface area (TPSA) is 81.4 Å². The average molecular weight is 211 g/mol. The zero-order chi connectivity index (χ0) is 9.56. The Kier molecular flexibility index (Phi) is 8.84. The van der Waals surface area contributed by atoms with Crippen molar-refractivity contribution in [1.29, 1.82) is 0 Å². The van der Waals surface area contributed by atoms with Crippen molar-refractivity contribution in [1.82, 2.24) is 5.32 Å². The smallest absolute Gasteiger partial charge is 0.325 e. The second-order valence-corrected chi connectivity index (χ2v) is 2.52. The minimum absolute atomic E-state index is 0. The summed E-state index contributed by atoms with van der Waals surface area (Å²) in [5.41, 5.74) is 5.00. The molecule has 0 aliphatic heterocycles. The van der Waals surface area contributed by atoms with Gasteiger partial charge >= 0.3 is 5.97 Å². The summed E-state index contributed by atoms with van der Waals surface area (Å²) in [6, 6.07) is 0. The molecule has 0 aromatic rings. The Hall–Kier alpha value is -0.810. The van der Waals surface area contributed by atoms with Gasteiger partial charge in [-0.25, -0.2) is 0 Å². The Morgan fingerprint density at radius 1 is 1.46 bits per heavy atom. The molecule has 0 aromatic carbocycles. The molecule has 1 amide bonds. The van der Waals surface area contributed by atoms with Crippen LogP contribution >= 0.6 is 12.4 Å². The number of ether oxygens (including phenoxy) is 1. The van der Waals surface area contributed by atoms with Gasteiger partial charge in [-0.2, -0.15) is 0 Å². The molecule has 0 atom stereocenters. The number of nitrogens with one attached hydrogen (secondary N) is 1. The van der Waals surface area contributed by atoms with Crippen molar-refractivity contribution in [2.24, 2.45) is 5.73 Å². The summed E-state index contributed by atoms with van der Waals surface area (Å²) in [6.07, 6.45) is -0.160. The highest BCUT2D eigenvalue weighted by Gasteiger charge is 2.06. The van der Waals surface area contributed by atoms with Gasteiger partial charge in [0.05, 0.1) is 12.6 Å². The summed E-state index contributed by atoms with van der Waals surface area (Å²) in [5.74, 6) is -0.817. The molecule has 0 spiro atoms. The summed E-state index contributed by atoms with van der Waals surface area (Å²) in [7, 11) is 0. The maximum absolute atomic E-state index is 10.8. The van der Waals surface area contributed by atoms with E-state index in [0.717, 1.165) is 0 Å². The number of nitrogens with two attached hydrogens (primary N) is 1. The standard InChI is InChI=1S/C7H14N2O3.ClH/c1-5(2)12-7(11)4-9-6(10)3-8;/h5H,3-4,8H2,1-2H3,(H,9,10);1H. The van der Waals surface area contributed by atoms with E-state index in [1.807, 2.05) is 0 Å². The third-order valence-electron chi connectivity index (χ3n) is 0.982. The van der Waals surface area contributed by atoms with Gasteiger partial charge in [0.1, 0.15) is 6.54 Å². The SMILES string of the molecule is CC(C)OC(=O)CNC(=O)CN.Cl. The van der Waals surface area contributed by atoms with E-state index in [-0.39, 0.29) is 37.5 Å². The van der Waals surface area contributed by atoms with E-state index >= 15 is 0 Å². The van der Waals surface area contributed by atoms with Gasteiger partial charge in [-0.05, 0) is 13.8 Å². The summed E-state index contributed by atoms with van der Waals surface area (Å²) in [6.45, 7) is 3.24. The van der Waals surface area contributed by atoms with E-state index in [1.165, 1.54) is 0 Å². The summed E-state index contributed by atoms with van der Waals surface area (Å²) in [4.78, 5) is 21.4. The second-order valence-electron chi connectivity index (χ2n) is 2.52. The Balaban J connectivity index is 0. The number of esters is 1. The zero-order valence-corrected chi connectivity index (χ0v) is 8.52. The lowest BCUT2D eigenvalue weighted by atomic mass is 10.5. The van der Waals surface area contributed by atoms with Crippen LogP contribution in [0.2, 0.25) is 0 Å². The van der Waals surface area contributed by atoms with E-state index in [4.69, 9.17) is 10.5 Å². The summed E-state index contributed by atoms with van der Waals surface area (Å²) < 4.78 is 4.75. The van der Waals surface area contributed by atoms with Crippen LogP contribution in [0, 0.1) is 0 Å². The molecule has 13 heavy (non-hydrogen) atoms. The number of amides is 1. The highest BCUT2D eigenvalue weighted by atomic mass is 35.5. The quantitative estimate of drug-likeness (QED) is 0.610. The first-order valence-electron chi connectivity index (χ1n) is 3.72. The molecule has 0 radical (unpaired) electrons. The number of hydrogen-bond acceptors (Lipinski definition) is 4. The van der Waals surface area contributed by atoms with Gasteiger partial charge in [-0.3, -0.25) is 9.59 Å². The fraction of sp³-hybridized carbons (Fsp3) is 0.714. The molecule has 0 bridgehead atoms. The van der Waals surface area contributed by atoms with E-state index in [1.54, 1.807) is 13.8 Å². The number of rotatable bonds is 4. The minimum Gasteiger partial charge on any atom is -0.462 e. The Bertz CT molecular complexity index is 173. The van der Waals surface area contributed by atoms with Gasteiger partial charge in [0, 0.05) is 0 Å². The molecule has 0 saturated carbocycles. The highest BCUT2D eigenvalue weighted by molar-refractivity contribution is 5.85. The Morgan fingerprint density at radius 2 is 2.00 bits per heavy atom. The van der Waals surface area contributed by atoms with Gasteiger partial charge in [0.25, 0.3) is 0 Å². The first-order valence-corrected chi connectivity index (χ1v) is 3.72. The van der Waals surface area contributed by atoms with Crippen molar-refractivity contribution in [2.45, 2.75) is 20.0 Å². The lowest BCUT2D eigenvalue weighted by Gasteiger charge is -2.07. The second kappa shape index (κ2) is 7.82. The van der Waals surface area contributed by atoms with E-state index in [2.05, 4.69) is 5.32 Å². The van der Waals surface area contributed by atoms with Gasteiger partial charge in [0.2, 0.25) is 5.91 Å². The van der Waals surface area contributed by atoms with Gasteiger partial charge in [0.15, 0.2) is 0 Å². The van der Waals surface area contributed by atoms with Crippen LogP contribution in [0.3, 0.4) is 0 Å². The molecular formula is C7H15ClN2O3. The van der Waals surface area contributed by atoms with Crippen LogP contribution in [0.5, 0.6) is 0 Å². The Morgan fingerprint density at radius 3 is 2.38 bits per heavy atom. The first-order chi connectivity index (χ1) is 5.56. The lowest BCUT2D eigenvalue weighted by Crippen LogP contribution is -2.35. The molecular weight excluding hydrogens is 196 g/mol.